The molecule has 3 amide bonds. The molecule has 3 N–H and O–H groups in total. The molecule has 2 aromatic carbocycles. The maximum atomic E-state index is 13.2. The van der Waals surface area contributed by atoms with E-state index in [1.54, 1.807) is 24.3 Å². The largest absolute Gasteiger partial charge is 0.484 e. The van der Waals surface area contributed by atoms with Crippen LogP contribution in [0.5, 0.6) is 5.75 Å². The number of hydrogen-bond acceptors (Lipinski definition) is 5. The number of ether oxygens (including phenoxy) is 1. The van der Waals surface area contributed by atoms with E-state index in [-0.39, 0.29) is 38.3 Å². The summed E-state index contributed by atoms with van der Waals surface area (Å²) in [5, 5.41) is 3.15. The maximum Gasteiger partial charge on any atom is 0.263 e. The normalized spacial score (nSPS) is 15.6. The molecule has 1 aliphatic heterocycles. The Bertz CT molecular complexity index is 939. The van der Waals surface area contributed by atoms with Gasteiger partial charge in [0.1, 0.15) is 11.6 Å². The summed E-state index contributed by atoms with van der Waals surface area (Å²) in [6.07, 6.45) is -1.16. The topological polar surface area (TPSA) is 105 Å². The van der Waals surface area contributed by atoms with Crippen molar-refractivity contribution in [1.29, 1.82) is 0 Å². The van der Waals surface area contributed by atoms with Gasteiger partial charge in [-0.2, -0.15) is 0 Å². The van der Waals surface area contributed by atoms with Crippen molar-refractivity contribution in [2.24, 2.45) is 5.73 Å². The molecular weight excluding hydrogens is 427 g/mol. The summed E-state index contributed by atoms with van der Waals surface area (Å²) in [7, 11) is 0. The number of carbonyl (C=O) groups is 3. The first-order valence-corrected chi connectivity index (χ1v) is 10.0. The molecule has 1 heterocycles. The van der Waals surface area contributed by atoms with Crippen molar-refractivity contribution in [1.82, 2.24) is 15.1 Å². The second kappa shape index (κ2) is 10.2. The van der Waals surface area contributed by atoms with Crippen molar-refractivity contribution < 1.29 is 23.5 Å². The summed E-state index contributed by atoms with van der Waals surface area (Å²) in [5.41, 5.74) is 5.66. The number of nitrogens with one attached hydrogen (secondary N) is 1. The van der Waals surface area contributed by atoms with Crippen LogP contribution >= 0.6 is 11.6 Å². The summed E-state index contributed by atoms with van der Waals surface area (Å²) in [4.78, 5) is 41.1. The van der Waals surface area contributed by atoms with Crippen LogP contribution in [0, 0.1) is 5.82 Å². The highest BCUT2D eigenvalue weighted by Crippen LogP contribution is 2.20. The third-order valence-electron chi connectivity index (χ3n) is 4.70. The minimum Gasteiger partial charge on any atom is -0.484 e. The van der Waals surface area contributed by atoms with E-state index in [9.17, 15) is 18.8 Å². The highest BCUT2D eigenvalue weighted by molar-refractivity contribution is 6.30. The summed E-state index contributed by atoms with van der Waals surface area (Å²) in [6, 6.07) is 11.5. The minimum absolute atomic E-state index is 0.142. The fourth-order valence-electron chi connectivity index (χ4n) is 3.19. The Hall–Kier alpha value is -3.17. The van der Waals surface area contributed by atoms with Crippen LogP contribution in [0.3, 0.4) is 0 Å². The summed E-state index contributed by atoms with van der Waals surface area (Å²) in [5.74, 6) is -1.51. The van der Waals surface area contributed by atoms with E-state index in [0.29, 0.717) is 10.8 Å². The summed E-state index contributed by atoms with van der Waals surface area (Å²) < 4.78 is 18.7. The van der Waals surface area contributed by atoms with Crippen molar-refractivity contribution in [2.75, 3.05) is 32.8 Å². The summed E-state index contributed by atoms with van der Waals surface area (Å²) in [6.45, 7) is 0.371. The van der Waals surface area contributed by atoms with Gasteiger partial charge in [-0.15, -0.1) is 0 Å². The first-order valence-electron chi connectivity index (χ1n) is 9.63. The lowest BCUT2D eigenvalue weighted by Gasteiger charge is -2.29. The van der Waals surface area contributed by atoms with Crippen molar-refractivity contribution in [2.45, 2.75) is 6.17 Å². The van der Waals surface area contributed by atoms with Gasteiger partial charge in [0.25, 0.3) is 17.7 Å². The van der Waals surface area contributed by atoms with Gasteiger partial charge in [0.2, 0.25) is 0 Å². The second-order valence-electron chi connectivity index (χ2n) is 6.79. The Balaban J connectivity index is 1.75. The van der Waals surface area contributed by atoms with Gasteiger partial charge in [-0.1, -0.05) is 11.6 Å². The third kappa shape index (κ3) is 5.50. The van der Waals surface area contributed by atoms with Gasteiger partial charge in [-0.25, -0.2) is 4.39 Å². The highest BCUT2D eigenvalue weighted by Gasteiger charge is 2.42. The molecular formula is C21H22ClFN4O4. The molecule has 0 radical (unpaired) electrons. The van der Waals surface area contributed by atoms with Crippen molar-refractivity contribution in [3.8, 4) is 5.75 Å². The van der Waals surface area contributed by atoms with Crippen molar-refractivity contribution in [3.63, 3.8) is 0 Å². The van der Waals surface area contributed by atoms with E-state index in [2.05, 4.69) is 5.32 Å². The molecule has 0 saturated carbocycles. The van der Waals surface area contributed by atoms with Crippen LogP contribution in [0.2, 0.25) is 5.02 Å². The number of halogens is 2. The van der Waals surface area contributed by atoms with Gasteiger partial charge in [-0.3, -0.25) is 14.4 Å². The zero-order valence-electron chi connectivity index (χ0n) is 16.6. The van der Waals surface area contributed by atoms with E-state index < -0.39 is 29.7 Å². The fourth-order valence-corrected chi connectivity index (χ4v) is 3.31. The lowest BCUT2D eigenvalue weighted by molar-refractivity contribution is -0.142. The molecule has 1 fully saturated rings. The average Bonchev–Trinajstić information content (AvgIpc) is 3.22. The molecule has 1 unspecified atom stereocenters. The van der Waals surface area contributed by atoms with Crippen LogP contribution in [-0.4, -0.2) is 66.5 Å². The predicted molar refractivity (Wildman–Crippen MR) is 112 cm³/mol. The van der Waals surface area contributed by atoms with Gasteiger partial charge in [-0.05, 0) is 48.5 Å². The molecule has 31 heavy (non-hydrogen) atoms. The zero-order chi connectivity index (χ0) is 22.4. The number of carbonyl (C=O) groups excluding carboxylic acids is 3. The molecule has 0 aromatic heterocycles. The van der Waals surface area contributed by atoms with E-state index in [4.69, 9.17) is 22.1 Å². The van der Waals surface area contributed by atoms with Gasteiger partial charge >= 0.3 is 0 Å². The first-order chi connectivity index (χ1) is 14.9. The number of rotatable bonds is 7. The molecule has 0 spiro atoms. The van der Waals surface area contributed by atoms with Gasteiger partial charge in [0.05, 0.1) is 0 Å². The Morgan fingerprint density at radius 2 is 1.71 bits per heavy atom. The van der Waals surface area contributed by atoms with E-state index in [1.807, 2.05) is 0 Å². The average molecular weight is 449 g/mol. The number of nitrogens with two attached hydrogens (primary N) is 1. The van der Waals surface area contributed by atoms with Gasteiger partial charge in [0.15, 0.2) is 12.8 Å². The molecule has 0 aliphatic carbocycles. The first kappa shape index (κ1) is 22.5. The van der Waals surface area contributed by atoms with Gasteiger partial charge < -0.3 is 25.6 Å². The number of benzene rings is 2. The van der Waals surface area contributed by atoms with Crippen LogP contribution in [-0.2, 0) is 9.59 Å². The minimum atomic E-state index is -1.16. The zero-order valence-corrected chi connectivity index (χ0v) is 17.3. The van der Waals surface area contributed by atoms with E-state index >= 15 is 0 Å². The smallest absolute Gasteiger partial charge is 0.263 e. The highest BCUT2D eigenvalue weighted by atomic mass is 35.5. The Morgan fingerprint density at radius 1 is 1.06 bits per heavy atom. The van der Waals surface area contributed by atoms with E-state index in [1.165, 1.54) is 21.9 Å². The number of nitrogens with zero attached hydrogens (tertiary/aromatic N) is 2. The Labute approximate surface area is 183 Å². The second-order valence-corrected chi connectivity index (χ2v) is 7.22. The molecule has 10 heteroatoms. The van der Waals surface area contributed by atoms with Crippen LogP contribution in [0.15, 0.2) is 48.5 Å². The van der Waals surface area contributed by atoms with Crippen molar-refractivity contribution in [3.05, 3.63) is 64.9 Å². The number of hydrogen-bond donors (Lipinski definition) is 2. The van der Waals surface area contributed by atoms with Gasteiger partial charge in [0, 0.05) is 36.8 Å². The number of amides is 3. The SMILES string of the molecule is NCCNC(=O)C1N(C(=O)COc2ccc(Cl)cc2)CCN1C(=O)c1ccc(F)cc1. The fraction of sp³-hybridized carbons (Fsp3) is 0.286. The van der Waals surface area contributed by atoms with E-state index in [0.717, 1.165) is 12.1 Å². The predicted octanol–water partition coefficient (Wildman–Crippen LogP) is 1.24. The lowest BCUT2D eigenvalue weighted by atomic mass is 10.2. The van der Waals surface area contributed by atoms with Crippen LogP contribution in [0.4, 0.5) is 4.39 Å². The lowest BCUT2D eigenvalue weighted by Crippen LogP contribution is -2.55. The Kier molecular flexibility index (Phi) is 7.43. The summed E-state index contributed by atoms with van der Waals surface area (Å²) >= 11 is 5.84. The maximum absolute atomic E-state index is 13.2. The Morgan fingerprint density at radius 3 is 2.35 bits per heavy atom. The molecule has 1 aliphatic rings. The third-order valence-corrected chi connectivity index (χ3v) is 4.95. The molecule has 164 valence electrons. The molecule has 2 aromatic rings. The standard InChI is InChI=1S/C21H22ClFN4O4/c22-15-3-7-17(8-4-15)31-13-18(28)26-11-12-27(20(26)19(29)25-10-9-24)21(30)14-1-5-16(23)6-2-14/h1-8,20H,9-13,24H2,(H,25,29). The van der Waals surface area contributed by atoms with Crippen LogP contribution < -0.4 is 15.8 Å². The monoisotopic (exact) mass is 448 g/mol. The van der Waals surface area contributed by atoms with Crippen molar-refractivity contribution >= 4 is 29.3 Å². The molecule has 1 saturated heterocycles. The van der Waals surface area contributed by atoms with Crippen LogP contribution in [0.25, 0.3) is 0 Å². The molecule has 8 nitrogen and oxygen atoms in total. The molecule has 0 bridgehead atoms. The molecule has 1 atom stereocenters. The quantitative estimate of drug-likeness (QED) is 0.663. The molecule has 3 rings (SSSR count). The van der Waals surface area contributed by atoms with Crippen LogP contribution in [0.1, 0.15) is 10.4 Å².